The number of aryl methyl sites for hydroxylation is 1. The maximum Gasteiger partial charge on any atom is 0.0292 e. The topological polar surface area (TPSA) is 26.0 Å². The lowest BCUT2D eigenvalue weighted by Crippen LogP contribution is -2.08. The molecule has 2 N–H and O–H groups in total. The van der Waals surface area contributed by atoms with Crippen LogP contribution in [-0.2, 0) is 6.42 Å². The largest absolute Gasteiger partial charge is 0.324 e. The van der Waals surface area contributed by atoms with Crippen LogP contribution in [0.2, 0.25) is 0 Å². The van der Waals surface area contributed by atoms with Crippen LogP contribution in [-0.4, -0.2) is 0 Å². The van der Waals surface area contributed by atoms with E-state index >= 15 is 0 Å². The Labute approximate surface area is 122 Å². The van der Waals surface area contributed by atoms with Crippen molar-refractivity contribution < 1.29 is 0 Å². The van der Waals surface area contributed by atoms with Crippen LogP contribution in [0.1, 0.15) is 50.3 Å². The molecule has 0 aromatic heterocycles. The molecule has 1 atom stereocenters. The molecule has 0 heterocycles. The van der Waals surface area contributed by atoms with Gasteiger partial charge in [0, 0.05) is 6.04 Å². The van der Waals surface area contributed by atoms with Crippen molar-refractivity contribution in [3.8, 4) is 11.1 Å². The third kappa shape index (κ3) is 3.71. The second-order valence-corrected chi connectivity index (χ2v) is 5.44. The summed E-state index contributed by atoms with van der Waals surface area (Å²) in [5.41, 5.74) is 11.3. The number of benzene rings is 2. The molecule has 0 aliphatic heterocycles. The SMILES string of the molecule is CCCCc1ccc(-c2cccc(C(N)CC)c2)cc1. The van der Waals surface area contributed by atoms with E-state index in [1.165, 1.54) is 41.5 Å². The van der Waals surface area contributed by atoms with Gasteiger partial charge < -0.3 is 5.73 Å². The Kier molecular flexibility index (Phi) is 5.37. The van der Waals surface area contributed by atoms with E-state index in [9.17, 15) is 0 Å². The van der Waals surface area contributed by atoms with Gasteiger partial charge in [0.05, 0.1) is 0 Å². The van der Waals surface area contributed by atoms with Gasteiger partial charge in [-0.15, -0.1) is 0 Å². The van der Waals surface area contributed by atoms with Gasteiger partial charge in [0.15, 0.2) is 0 Å². The lowest BCUT2D eigenvalue weighted by molar-refractivity contribution is 0.699. The molecule has 0 saturated heterocycles. The second-order valence-electron chi connectivity index (χ2n) is 5.44. The minimum atomic E-state index is 0.138. The van der Waals surface area contributed by atoms with Gasteiger partial charge >= 0.3 is 0 Å². The van der Waals surface area contributed by atoms with Crippen molar-refractivity contribution in [3.63, 3.8) is 0 Å². The summed E-state index contributed by atoms with van der Waals surface area (Å²) >= 11 is 0. The maximum absolute atomic E-state index is 6.12. The van der Waals surface area contributed by atoms with E-state index in [2.05, 4.69) is 62.4 Å². The number of rotatable bonds is 6. The van der Waals surface area contributed by atoms with Gasteiger partial charge in [0.1, 0.15) is 0 Å². The van der Waals surface area contributed by atoms with Gasteiger partial charge in [0.2, 0.25) is 0 Å². The average molecular weight is 267 g/mol. The molecule has 2 aromatic carbocycles. The van der Waals surface area contributed by atoms with Crippen LogP contribution < -0.4 is 5.73 Å². The fraction of sp³-hybridized carbons (Fsp3) is 0.368. The molecule has 0 saturated carbocycles. The summed E-state index contributed by atoms with van der Waals surface area (Å²) in [6.45, 7) is 4.36. The van der Waals surface area contributed by atoms with Gasteiger partial charge in [-0.3, -0.25) is 0 Å². The van der Waals surface area contributed by atoms with Gasteiger partial charge in [0.25, 0.3) is 0 Å². The van der Waals surface area contributed by atoms with E-state index in [0.717, 1.165) is 6.42 Å². The van der Waals surface area contributed by atoms with E-state index < -0.39 is 0 Å². The summed E-state index contributed by atoms with van der Waals surface area (Å²) < 4.78 is 0. The average Bonchev–Trinajstić information content (AvgIpc) is 2.52. The Morgan fingerprint density at radius 2 is 1.70 bits per heavy atom. The minimum Gasteiger partial charge on any atom is -0.324 e. The highest BCUT2D eigenvalue weighted by molar-refractivity contribution is 5.64. The van der Waals surface area contributed by atoms with Crippen molar-refractivity contribution >= 4 is 0 Å². The first kappa shape index (κ1) is 14.8. The van der Waals surface area contributed by atoms with E-state index in [0.29, 0.717) is 0 Å². The zero-order valence-corrected chi connectivity index (χ0v) is 12.6. The van der Waals surface area contributed by atoms with E-state index in [1.807, 2.05) is 0 Å². The minimum absolute atomic E-state index is 0.138. The molecule has 20 heavy (non-hydrogen) atoms. The normalized spacial score (nSPS) is 12.3. The lowest BCUT2D eigenvalue weighted by Gasteiger charge is -2.11. The molecule has 0 fully saturated rings. The standard InChI is InChI=1S/C19H25N/c1-3-5-7-15-10-12-16(13-11-15)17-8-6-9-18(14-17)19(20)4-2/h6,8-14,19H,3-5,7,20H2,1-2H3. The molecule has 0 spiro atoms. The highest BCUT2D eigenvalue weighted by atomic mass is 14.6. The quantitative estimate of drug-likeness (QED) is 0.773. The zero-order chi connectivity index (χ0) is 14.4. The smallest absolute Gasteiger partial charge is 0.0292 e. The highest BCUT2D eigenvalue weighted by Crippen LogP contribution is 2.24. The van der Waals surface area contributed by atoms with Crippen molar-refractivity contribution in [2.75, 3.05) is 0 Å². The summed E-state index contributed by atoms with van der Waals surface area (Å²) in [6, 6.07) is 17.7. The van der Waals surface area contributed by atoms with Crippen molar-refractivity contribution in [1.82, 2.24) is 0 Å². The molecule has 2 rings (SSSR count). The molecular formula is C19H25N. The van der Waals surface area contributed by atoms with Crippen LogP contribution in [0.3, 0.4) is 0 Å². The van der Waals surface area contributed by atoms with Crippen molar-refractivity contribution in [2.45, 2.75) is 45.6 Å². The third-order valence-electron chi connectivity index (χ3n) is 3.86. The maximum atomic E-state index is 6.12. The van der Waals surface area contributed by atoms with Gasteiger partial charge in [-0.1, -0.05) is 62.7 Å². The molecule has 1 nitrogen and oxygen atoms in total. The molecular weight excluding hydrogens is 242 g/mol. The van der Waals surface area contributed by atoms with Crippen LogP contribution in [0, 0.1) is 0 Å². The zero-order valence-electron chi connectivity index (χ0n) is 12.6. The van der Waals surface area contributed by atoms with Crippen molar-refractivity contribution in [2.24, 2.45) is 5.73 Å². The summed E-state index contributed by atoms with van der Waals surface area (Å²) in [7, 11) is 0. The highest BCUT2D eigenvalue weighted by Gasteiger charge is 2.05. The first-order valence-corrected chi connectivity index (χ1v) is 7.69. The number of hydrogen-bond acceptors (Lipinski definition) is 1. The number of hydrogen-bond donors (Lipinski definition) is 1. The summed E-state index contributed by atoms with van der Waals surface area (Å²) in [4.78, 5) is 0. The van der Waals surface area contributed by atoms with Crippen molar-refractivity contribution in [3.05, 3.63) is 59.7 Å². The Morgan fingerprint density at radius 1 is 0.950 bits per heavy atom. The molecule has 0 bridgehead atoms. The van der Waals surface area contributed by atoms with E-state index in [4.69, 9.17) is 5.73 Å². The fourth-order valence-corrected chi connectivity index (χ4v) is 2.43. The van der Waals surface area contributed by atoms with Crippen LogP contribution in [0.5, 0.6) is 0 Å². The molecule has 0 amide bonds. The predicted molar refractivity (Wildman–Crippen MR) is 87.7 cm³/mol. The van der Waals surface area contributed by atoms with Gasteiger partial charge in [-0.25, -0.2) is 0 Å². The Hall–Kier alpha value is -1.60. The van der Waals surface area contributed by atoms with Crippen LogP contribution in [0.25, 0.3) is 11.1 Å². The third-order valence-corrected chi connectivity index (χ3v) is 3.86. The Bertz CT molecular complexity index is 528. The van der Waals surface area contributed by atoms with Crippen LogP contribution in [0.4, 0.5) is 0 Å². The first-order valence-electron chi connectivity index (χ1n) is 7.69. The van der Waals surface area contributed by atoms with E-state index in [-0.39, 0.29) is 6.04 Å². The van der Waals surface area contributed by atoms with Gasteiger partial charge in [-0.05, 0) is 47.6 Å². The Morgan fingerprint density at radius 3 is 2.35 bits per heavy atom. The molecule has 1 heteroatoms. The molecule has 0 radical (unpaired) electrons. The van der Waals surface area contributed by atoms with Crippen LogP contribution in [0.15, 0.2) is 48.5 Å². The van der Waals surface area contributed by atoms with Crippen molar-refractivity contribution in [1.29, 1.82) is 0 Å². The van der Waals surface area contributed by atoms with Crippen LogP contribution >= 0.6 is 0 Å². The fourth-order valence-electron chi connectivity index (χ4n) is 2.43. The monoisotopic (exact) mass is 267 g/mol. The number of nitrogens with two attached hydrogens (primary N) is 1. The second kappa shape index (κ2) is 7.25. The van der Waals surface area contributed by atoms with Gasteiger partial charge in [-0.2, -0.15) is 0 Å². The van der Waals surface area contributed by atoms with E-state index in [1.54, 1.807) is 0 Å². The molecule has 106 valence electrons. The molecule has 0 aliphatic carbocycles. The summed E-state index contributed by atoms with van der Waals surface area (Å²) in [5, 5.41) is 0. The predicted octanol–water partition coefficient (Wildman–Crippen LogP) is 5.11. The molecule has 2 aromatic rings. The molecule has 0 aliphatic rings. The summed E-state index contributed by atoms with van der Waals surface area (Å²) in [5.74, 6) is 0. The number of unbranched alkanes of at least 4 members (excludes halogenated alkanes) is 1. The lowest BCUT2D eigenvalue weighted by atomic mass is 9.97. The first-order chi connectivity index (χ1) is 9.74. The summed E-state index contributed by atoms with van der Waals surface area (Å²) in [6.07, 6.45) is 4.66. The Balaban J connectivity index is 2.18. The molecule has 1 unspecified atom stereocenters.